The van der Waals surface area contributed by atoms with Crippen LogP contribution in [-0.2, 0) is 0 Å². The van der Waals surface area contributed by atoms with Crippen molar-refractivity contribution < 1.29 is 0 Å². The minimum Gasteiger partial charge on any atom is -0.356 e. The van der Waals surface area contributed by atoms with Gasteiger partial charge in [-0.1, -0.05) is 0 Å². The van der Waals surface area contributed by atoms with E-state index in [0.717, 1.165) is 48.8 Å². The Kier molecular flexibility index (Phi) is 4.43. The summed E-state index contributed by atoms with van der Waals surface area (Å²) in [5.41, 5.74) is 1.73. The van der Waals surface area contributed by atoms with Gasteiger partial charge in [-0.25, -0.2) is 29.9 Å². The predicted molar refractivity (Wildman–Crippen MR) is 94.0 cm³/mol. The number of rotatable bonds is 3. The fraction of sp³-hybridized carbons (Fsp3) is 0.278. The molecule has 1 aliphatic heterocycles. The average molecular weight is 344 g/mol. The van der Waals surface area contributed by atoms with E-state index in [9.17, 15) is 0 Å². The highest BCUT2D eigenvalue weighted by atomic mass is 15.2. The first-order valence-corrected chi connectivity index (χ1v) is 8.40. The highest BCUT2D eigenvalue weighted by molar-refractivity contribution is 5.55. The van der Waals surface area contributed by atoms with Crippen molar-refractivity contribution in [3.05, 3.63) is 54.9 Å². The summed E-state index contributed by atoms with van der Waals surface area (Å²) in [6, 6.07) is 5.70. The van der Waals surface area contributed by atoms with Crippen molar-refractivity contribution in [2.75, 3.05) is 18.0 Å². The van der Waals surface area contributed by atoms with Crippen LogP contribution >= 0.6 is 0 Å². The minimum absolute atomic E-state index is 0.200. The van der Waals surface area contributed by atoms with E-state index in [1.54, 1.807) is 24.8 Å². The molecule has 3 aromatic rings. The molecule has 0 unspecified atom stereocenters. The summed E-state index contributed by atoms with van der Waals surface area (Å²) in [4.78, 5) is 27.7. The molecule has 0 amide bonds. The van der Waals surface area contributed by atoms with Crippen LogP contribution in [0.2, 0.25) is 0 Å². The molecular formula is C18H16N8. The Labute approximate surface area is 150 Å². The normalized spacial score (nSPS) is 14.8. The molecule has 8 nitrogen and oxygen atoms in total. The summed E-state index contributed by atoms with van der Waals surface area (Å²) < 4.78 is 0. The van der Waals surface area contributed by atoms with Gasteiger partial charge in [0, 0.05) is 49.4 Å². The number of nitriles is 1. The van der Waals surface area contributed by atoms with Gasteiger partial charge >= 0.3 is 0 Å². The second-order valence-electron chi connectivity index (χ2n) is 6.04. The summed E-state index contributed by atoms with van der Waals surface area (Å²) in [5, 5.41) is 8.95. The van der Waals surface area contributed by atoms with Gasteiger partial charge < -0.3 is 4.90 Å². The lowest BCUT2D eigenvalue weighted by Gasteiger charge is -2.32. The highest BCUT2D eigenvalue weighted by Gasteiger charge is 2.24. The van der Waals surface area contributed by atoms with Crippen molar-refractivity contribution in [2.45, 2.75) is 18.8 Å². The maximum absolute atomic E-state index is 8.95. The molecule has 4 rings (SSSR count). The quantitative estimate of drug-likeness (QED) is 0.710. The monoisotopic (exact) mass is 344 g/mol. The number of hydrogen-bond acceptors (Lipinski definition) is 8. The van der Waals surface area contributed by atoms with E-state index in [1.807, 2.05) is 18.2 Å². The minimum atomic E-state index is 0.200. The van der Waals surface area contributed by atoms with E-state index in [1.165, 1.54) is 6.33 Å². The zero-order chi connectivity index (χ0) is 17.8. The second kappa shape index (κ2) is 7.19. The lowest BCUT2D eigenvalue weighted by atomic mass is 9.95. The van der Waals surface area contributed by atoms with E-state index in [0.29, 0.717) is 5.92 Å². The van der Waals surface area contributed by atoms with Gasteiger partial charge in [-0.15, -0.1) is 0 Å². The number of nitrogens with zero attached hydrogens (tertiary/aromatic N) is 8. The van der Waals surface area contributed by atoms with Crippen LogP contribution in [0.5, 0.6) is 0 Å². The SMILES string of the molecule is N#Cc1nccc(N2CCC(c3nccc(-c4cncnc4)n3)CC2)n1. The Balaban J connectivity index is 1.47. The number of hydrogen-bond donors (Lipinski definition) is 0. The van der Waals surface area contributed by atoms with Crippen molar-refractivity contribution >= 4 is 5.82 Å². The van der Waals surface area contributed by atoms with E-state index >= 15 is 0 Å². The average Bonchev–Trinajstić information content (AvgIpc) is 2.75. The van der Waals surface area contributed by atoms with Crippen LogP contribution in [0, 0.1) is 11.3 Å². The van der Waals surface area contributed by atoms with Gasteiger partial charge in [-0.2, -0.15) is 5.26 Å². The smallest absolute Gasteiger partial charge is 0.234 e. The Morgan fingerprint density at radius 2 is 1.77 bits per heavy atom. The third-order valence-electron chi connectivity index (χ3n) is 4.46. The Morgan fingerprint density at radius 1 is 1.00 bits per heavy atom. The van der Waals surface area contributed by atoms with Crippen molar-refractivity contribution in [3.8, 4) is 17.3 Å². The summed E-state index contributed by atoms with van der Waals surface area (Å²) in [6.45, 7) is 1.68. The molecule has 0 spiro atoms. The van der Waals surface area contributed by atoms with Gasteiger partial charge in [0.15, 0.2) is 0 Å². The topological polar surface area (TPSA) is 104 Å². The Hall–Kier alpha value is -3.47. The van der Waals surface area contributed by atoms with E-state index in [2.05, 4.69) is 29.8 Å². The first kappa shape index (κ1) is 16.0. The Bertz CT molecular complexity index is 929. The standard InChI is InChI=1S/C18H16N8/c19-9-16-22-6-2-17(25-16)26-7-3-13(4-8-26)18-23-5-1-15(24-18)14-10-20-12-21-11-14/h1-2,5-6,10-13H,3-4,7-8H2. The molecule has 26 heavy (non-hydrogen) atoms. The molecule has 4 heterocycles. The van der Waals surface area contributed by atoms with Crippen LogP contribution in [0.15, 0.2) is 43.2 Å². The molecule has 1 aliphatic rings. The van der Waals surface area contributed by atoms with Crippen LogP contribution in [0.1, 0.15) is 30.4 Å². The molecule has 0 saturated carbocycles. The van der Waals surface area contributed by atoms with Crippen LogP contribution in [-0.4, -0.2) is 43.0 Å². The van der Waals surface area contributed by atoms with Crippen LogP contribution in [0.4, 0.5) is 5.82 Å². The first-order valence-electron chi connectivity index (χ1n) is 8.40. The van der Waals surface area contributed by atoms with Crippen LogP contribution < -0.4 is 4.90 Å². The molecule has 0 N–H and O–H groups in total. The third-order valence-corrected chi connectivity index (χ3v) is 4.46. The molecule has 8 heteroatoms. The van der Waals surface area contributed by atoms with E-state index < -0.39 is 0 Å². The van der Waals surface area contributed by atoms with Gasteiger partial charge in [0.1, 0.15) is 24.0 Å². The van der Waals surface area contributed by atoms with Crippen molar-refractivity contribution in [2.24, 2.45) is 0 Å². The van der Waals surface area contributed by atoms with Gasteiger partial charge in [0.05, 0.1) is 5.69 Å². The zero-order valence-corrected chi connectivity index (χ0v) is 14.0. The summed E-state index contributed by atoms with van der Waals surface area (Å²) in [5.74, 6) is 2.15. The van der Waals surface area contributed by atoms with Gasteiger partial charge in [0.2, 0.25) is 5.82 Å². The lowest BCUT2D eigenvalue weighted by molar-refractivity contribution is 0.483. The summed E-state index contributed by atoms with van der Waals surface area (Å²) in [6.07, 6.45) is 10.3. The molecule has 1 fully saturated rings. The first-order chi connectivity index (χ1) is 12.8. The van der Waals surface area contributed by atoms with E-state index in [4.69, 9.17) is 10.2 Å². The predicted octanol–water partition coefficient (Wildman–Crippen LogP) is 1.98. The van der Waals surface area contributed by atoms with Gasteiger partial charge in [0.25, 0.3) is 0 Å². The zero-order valence-electron chi connectivity index (χ0n) is 14.0. The van der Waals surface area contributed by atoms with Crippen molar-refractivity contribution in [1.82, 2.24) is 29.9 Å². The number of piperidine rings is 1. The largest absolute Gasteiger partial charge is 0.356 e. The molecule has 3 aromatic heterocycles. The molecule has 0 bridgehead atoms. The molecule has 128 valence electrons. The van der Waals surface area contributed by atoms with Gasteiger partial charge in [-0.3, -0.25) is 0 Å². The molecule has 0 atom stereocenters. The second-order valence-corrected chi connectivity index (χ2v) is 6.04. The van der Waals surface area contributed by atoms with Crippen molar-refractivity contribution in [3.63, 3.8) is 0 Å². The highest BCUT2D eigenvalue weighted by Crippen LogP contribution is 2.28. The maximum atomic E-state index is 8.95. The molecule has 0 radical (unpaired) electrons. The maximum Gasteiger partial charge on any atom is 0.234 e. The third kappa shape index (κ3) is 3.32. The van der Waals surface area contributed by atoms with E-state index in [-0.39, 0.29) is 5.82 Å². The number of anilines is 1. The lowest BCUT2D eigenvalue weighted by Crippen LogP contribution is -2.34. The summed E-state index contributed by atoms with van der Waals surface area (Å²) >= 11 is 0. The molecule has 1 saturated heterocycles. The van der Waals surface area contributed by atoms with Crippen molar-refractivity contribution in [1.29, 1.82) is 5.26 Å². The molecule has 0 aliphatic carbocycles. The molecule has 0 aromatic carbocycles. The Morgan fingerprint density at radius 3 is 2.54 bits per heavy atom. The number of aromatic nitrogens is 6. The summed E-state index contributed by atoms with van der Waals surface area (Å²) in [7, 11) is 0. The van der Waals surface area contributed by atoms with Gasteiger partial charge in [-0.05, 0) is 25.0 Å². The van der Waals surface area contributed by atoms with Crippen LogP contribution in [0.3, 0.4) is 0 Å². The fourth-order valence-corrected chi connectivity index (χ4v) is 3.11. The molecular weight excluding hydrogens is 328 g/mol. The van der Waals surface area contributed by atoms with Crippen LogP contribution in [0.25, 0.3) is 11.3 Å². The fourth-order valence-electron chi connectivity index (χ4n) is 3.11.